The van der Waals surface area contributed by atoms with Crippen molar-refractivity contribution in [2.75, 3.05) is 39.8 Å². The summed E-state index contributed by atoms with van der Waals surface area (Å²) in [7, 11) is 1.62. The fraction of sp³-hybridized carbons (Fsp3) is 0.500. The Morgan fingerprint density at radius 2 is 1.90 bits per heavy atom. The highest BCUT2D eigenvalue weighted by molar-refractivity contribution is 5.78. The summed E-state index contributed by atoms with van der Waals surface area (Å²) in [4.78, 5) is 25.8. The van der Waals surface area contributed by atoms with Gasteiger partial charge in [-0.3, -0.25) is 14.7 Å². The van der Waals surface area contributed by atoms with E-state index >= 15 is 0 Å². The van der Waals surface area contributed by atoms with Crippen LogP contribution in [0.1, 0.15) is 37.3 Å². The number of para-hydroxylation sites is 2. The van der Waals surface area contributed by atoms with Gasteiger partial charge in [0, 0.05) is 31.7 Å². The van der Waals surface area contributed by atoms with E-state index in [1.165, 1.54) is 0 Å². The Morgan fingerprint density at radius 3 is 2.69 bits per heavy atom. The van der Waals surface area contributed by atoms with E-state index in [2.05, 4.69) is 9.88 Å². The molecule has 1 atom stereocenters. The molecule has 0 aliphatic carbocycles. The largest absolute Gasteiger partial charge is 0.493 e. The number of ether oxygens (including phenoxy) is 2. The van der Waals surface area contributed by atoms with E-state index in [9.17, 15) is 4.79 Å². The average molecular weight is 396 g/mol. The van der Waals surface area contributed by atoms with Crippen LogP contribution < -0.4 is 9.47 Å². The van der Waals surface area contributed by atoms with Crippen LogP contribution in [0.5, 0.6) is 17.4 Å². The number of carbonyl (C=O) groups is 1. The van der Waals surface area contributed by atoms with Crippen LogP contribution in [0.2, 0.25) is 0 Å². The number of benzene rings is 1. The van der Waals surface area contributed by atoms with Crippen molar-refractivity contribution >= 4 is 5.91 Å². The van der Waals surface area contributed by atoms with Crippen molar-refractivity contribution in [3.63, 3.8) is 0 Å². The van der Waals surface area contributed by atoms with Gasteiger partial charge < -0.3 is 14.4 Å². The van der Waals surface area contributed by atoms with Crippen molar-refractivity contribution in [1.29, 1.82) is 0 Å². The van der Waals surface area contributed by atoms with Crippen molar-refractivity contribution in [2.45, 2.75) is 31.6 Å². The first kappa shape index (κ1) is 19.6. The normalized spacial score (nSPS) is 19.9. The first-order valence-corrected chi connectivity index (χ1v) is 10.4. The summed E-state index contributed by atoms with van der Waals surface area (Å²) < 4.78 is 11.3. The smallest absolute Gasteiger partial charge is 0.238 e. The third-order valence-corrected chi connectivity index (χ3v) is 5.66. The minimum absolute atomic E-state index is 0.252. The van der Waals surface area contributed by atoms with Gasteiger partial charge in [0.25, 0.3) is 0 Å². The second kappa shape index (κ2) is 9.22. The molecule has 1 aromatic carbocycles. The molecule has 2 aromatic rings. The molecule has 4 rings (SSSR count). The lowest BCUT2D eigenvalue weighted by Gasteiger charge is -2.32. The summed E-state index contributed by atoms with van der Waals surface area (Å²) in [6, 6.07) is 7.49. The van der Waals surface area contributed by atoms with Gasteiger partial charge in [-0.2, -0.15) is 0 Å². The van der Waals surface area contributed by atoms with Crippen molar-refractivity contribution in [1.82, 2.24) is 19.8 Å². The fourth-order valence-corrected chi connectivity index (χ4v) is 4.12. The van der Waals surface area contributed by atoms with Gasteiger partial charge in [-0.05, 0) is 44.4 Å². The minimum Gasteiger partial charge on any atom is -0.493 e. The summed E-state index contributed by atoms with van der Waals surface area (Å²) in [5.41, 5.74) is 0.913. The summed E-state index contributed by atoms with van der Waals surface area (Å²) in [5.74, 6) is 2.23. The summed E-state index contributed by atoms with van der Waals surface area (Å²) in [6.07, 6.45) is 7.78. The zero-order valence-corrected chi connectivity index (χ0v) is 16.9. The predicted molar refractivity (Wildman–Crippen MR) is 109 cm³/mol. The molecule has 2 aliphatic rings. The molecule has 2 fully saturated rings. The maximum atomic E-state index is 12.5. The number of aromatic nitrogens is 2. The van der Waals surface area contributed by atoms with E-state index in [-0.39, 0.29) is 11.8 Å². The summed E-state index contributed by atoms with van der Waals surface area (Å²) in [5, 5.41) is 0. The van der Waals surface area contributed by atoms with E-state index in [0.717, 1.165) is 57.6 Å². The van der Waals surface area contributed by atoms with Crippen molar-refractivity contribution < 1.29 is 14.3 Å². The molecule has 0 radical (unpaired) electrons. The van der Waals surface area contributed by atoms with Gasteiger partial charge in [0.15, 0.2) is 11.5 Å². The maximum Gasteiger partial charge on any atom is 0.238 e. The van der Waals surface area contributed by atoms with Crippen LogP contribution >= 0.6 is 0 Å². The van der Waals surface area contributed by atoms with Gasteiger partial charge >= 0.3 is 0 Å². The Labute approximate surface area is 171 Å². The number of piperidine rings is 1. The Kier molecular flexibility index (Phi) is 6.24. The third-order valence-electron chi connectivity index (χ3n) is 5.66. The van der Waals surface area contributed by atoms with Gasteiger partial charge in [-0.25, -0.2) is 4.98 Å². The third kappa shape index (κ3) is 4.85. The van der Waals surface area contributed by atoms with Crippen LogP contribution in [0.4, 0.5) is 0 Å². The quantitative estimate of drug-likeness (QED) is 0.748. The van der Waals surface area contributed by atoms with Crippen LogP contribution in [-0.2, 0) is 4.79 Å². The van der Waals surface area contributed by atoms with Gasteiger partial charge in [-0.1, -0.05) is 12.1 Å². The number of carbonyl (C=O) groups excluding carboxylic acids is 1. The highest BCUT2D eigenvalue weighted by atomic mass is 16.5. The van der Waals surface area contributed by atoms with Crippen molar-refractivity contribution in [2.24, 2.45) is 0 Å². The number of rotatable bonds is 6. The number of likely N-dealkylation sites (tertiary alicyclic amines) is 2. The van der Waals surface area contributed by atoms with Gasteiger partial charge in [0.1, 0.15) is 0 Å². The van der Waals surface area contributed by atoms with E-state index in [4.69, 9.17) is 14.5 Å². The molecular weight excluding hydrogens is 368 g/mol. The molecule has 0 unspecified atom stereocenters. The Hall–Kier alpha value is -2.67. The molecule has 7 nitrogen and oxygen atoms in total. The van der Waals surface area contributed by atoms with Crippen LogP contribution in [0.15, 0.2) is 36.7 Å². The number of amides is 1. The van der Waals surface area contributed by atoms with Gasteiger partial charge in [0.2, 0.25) is 11.8 Å². The second-order valence-electron chi connectivity index (χ2n) is 7.70. The first-order valence-electron chi connectivity index (χ1n) is 10.4. The standard InChI is InChI=1S/C22H28N4O3/c1-28-19-8-2-3-9-20(19)29-21-14-23-13-18(24-21)17-7-6-10-25(15-17)16-22(27)26-11-4-5-12-26/h2-3,8-9,13-14,17H,4-7,10-12,15-16H2,1H3/t17-/m0/s1. The number of hydrogen-bond acceptors (Lipinski definition) is 6. The second-order valence-corrected chi connectivity index (χ2v) is 7.70. The zero-order chi connectivity index (χ0) is 20.1. The molecular formula is C22H28N4O3. The Balaban J connectivity index is 1.41. The van der Waals surface area contributed by atoms with Crippen LogP contribution in [0, 0.1) is 0 Å². The van der Waals surface area contributed by atoms with E-state index in [1.54, 1.807) is 13.3 Å². The van der Waals surface area contributed by atoms with Crippen LogP contribution in [-0.4, -0.2) is 65.5 Å². The monoisotopic (exact) mass is 396 g/mol. The van der Waals surface area contributed by atoms with E-state index in [1.807, 2.05) is 35.4 Å². The Bertz CT molecular complexity index is 838. The number of hydrogen-bond donors (Lipinski definition) is 0. The molecule has 3 heterocycles. The SMILES string of the molecule is COc1ccccc1Oc1cncc([C@H]2CCCN(CC(=O)N3CCCC3)C2)n1. The number of methoxy groups -OCH3 is 1. The molecule has 29 heavy (non-hydrogen) atoms. The molecule has 1 aromatic heterocycles. The topological polar surface area (TPSA) is 67.8 Å². The lowest BCUT2D eigenvalue weighted by Crippen LogP contribution is -2.43. The van der Waals surface area contributed by atoms with Crippen molar-refractivity contribution in [3.8, 4) is 17.4 Å². The Morgan fingerprint density at radius 1 is 1.10 bits per heavy atom. The highest BCUT2D eigenvalue weighted by Gasteiger charge is 2.26. The van der Waals surface area contributed by atoms with Crippen molar-refractivity contribution in [3.05, 3.63) is 42.4 Å². The lowest BCUT2D eigenvalue weighted by atomic mass is 9.95. The molecule has 1 amide bonds. The lowest BCUT2D eigenvalue weighted by molar-refractivity contribution is -0.131. The van der Waals surface area contributed by atoms with Gasteiger partial charge in [0.05, 0.1) is 25.5 Å². The molecule has 0 N–H and O–H groups in total. The molecule has 7 heteroatoms. The highest BCUT2D eigenvalue weighted by Crippen LogP contribution is 2.31. The molecule has 154 valence electrons. The van der Waals surface area contributed by atoms with Crippen LogP contribution in [0.3, 0.4) is 0 Å². The van der Waals surface area contributed by atoms with E-state index in [0.29, 0.717) is 23.9 Å². The average Bonchev–Trinajstić information content (AvgIpc) is 3.30. The summed E-state index contributed by atoms with van der Waals surface area (Å²) in [6.45, 7) is 4.10. The van der Waals surface area contributed by atoms with Gasteiger partial charge in [-0.15, -0.1) is 0 Å². The molecule has 2 aliphatic heterocycles. The molecule has 0 saturated carbocycles. The summed E-state index contributed by atoms with van der Waals surface area (Å²) >= 11 is 0. The maximum absolute atomic E-state index is 12.5. The first-order chi connectivity index (χ1) is 14.2. The fourth-order valence-electron chi connectivity index (χ4n) is 4.12. The molecule has 0 bridgehead atoms. The van der Waals surface area contributed by atoms with E-state index < -0.39 is 0 Å². The number of nitrogens with zero attached hydrogens (tertiary/aromatic N) is 4. The zero-order valence-electron chi connectivity index (χ0n) is 16.9. The minimum atomic E-state index is 0.252. The predicted octanol–water partition coefficient (Wildman–Crippen LogP) is 3.08. The molecule has 2 saturated heterocycles. The molecule has 0 spiro atoms. The van der Waals surface area contributed by atoms with Crippen LogP contribution in [0.25, 0.3) is 0 Å².